The second-order valence-electron chi connectivity index (χ2n) is 9.11. The van der Waals surface area contributed by atoms with E-state index in [9.17, 15) is 0 Å². The molecule has 2 aliphatic heterocycles. The van der Waals surface area contributed by atoms with Crippen molar-refractivity contribution in [2.45, 2.75) is 89.7 Å². The molecule has 3 fully saturated rings. The first-order valence-corrected chi connectivity index (χ1v) is 9.56. The van der Waals surface area contributed by atoms with Crippen LogP contribution in [-0.2, 0) is 9.47 Å². The summed E-state index contributed by atoms with van der Waals surface area (Å²) >= 11 is 0. The predicted molar refractivity (Wildman–Crippen MR) is 93.8 cm³/mol. The van der Waals surface area contributed by atoms with Gasteiger partial charge in [0.05, 0.1) is 23.9 Å². The molecular formula is C19H36N2O2. The van der Waals surface area contributed by atoms with Gasteiger partial charge >= 0.3 is 0 Å². The van der Waals surface area contributed by atoms with E-state index in [4.69, 9.17) is 9.47 Å². The van der Waals surface area contributed by atoms with Crippen LogP contribution >= 0.6 is 0 Å². The van der Waals surface area contributed by atoms with Gasteiger partial charge in [-0.2, -0.15) is 0 Å². The lowest BCUT2D eigenvalue weighted by Gasteiger charge is -2.53. The van der Waals surface area contributed by atoms with Gasteiger partial charge in [0, 0.05) is 38.3 Å². The molecule has 0 radical (unpaired) electrons. The Bertz CT molecular complexity index is 391. The summed E-state index contributed by atoms with van der Waals surface area (Å²) in [6.45, 7) is 16.6. The zero-order chi connectivity index (χ0) is 16.7. The lowest BCUT2D eigenvalue weighted by molar-refractivity contribution is -0.172. The number of morpholine rings is 1. The molecule has 0 amide bonds. The molecule has 0 N–H and O–H groups in total. The molecule has 2 saturated heterocycles. The fourth-order valence-corrected chi connectivity index (χ4v) is 4.37. The molecule has 0 bridgehead atoms. The standard InChI is InChI=1S/C19H36N2O2/c1-15(2)20-8-6-19(7-9-20)14-21(10-11-22-19)16-12-17(13-16)23-18(3,4)5/h15-17H,6-14H2,1-5H3. The number of hydrogen-bond donors (Lipinski definition) is 0. The summed E-state index contributed by atoms with van der Waals surface area (Å²) in [5.74, 6) is 0. The SMILES string of the molecule is CC(C)N1CCC2(CC1)CN(C1CC(OC(C)(C)C)C1)CCO2. The number of ether oxygens (including phenoxy) is 2. The summed E-state index contributed by atoms with van der Waals surface area (Å²) < 4.78 is 12.4. The van der Waals surface area contributed by atoms with Crippen LogP contribution in [0.5, 0.6) is 0 Å². The average molecular weight is 325 g/mol. The van der Waals surface area contributed by atoms with Gasteiger partial charge in [-0.15, -0.1) is 0 Å². The third kappa shape index (κ3) is 4.28. The third-order valence-electron chi connectivity index (χ3n) is 5.82. The molecule has 23 heavy (non-hydrogen) atoms. The Kier molecular flexibility index (Phi) is 5.09. The molecule has 2 heterocycles. The largest absolute Gasteiger partial charge is 0.373 e. The van der Waals surface area contributed by atoms with E-state index in [-0.39, 0.29) is 11.2 Å². The smallest absolute Gasteiger partial charge is 0.0833 e. The fraction of sp³-hybridized carbons (Fsp3) is 1.00. The number of likely N-dealkylation sites (tertiary alicyclic amines) is 1. The lowest BCUT2D eigenvalue weighted by atomic mass is 9.83. The van der Waals surface area contributed by atoms with Gasteiger partial charge in [-0.3, -0.25) is 4.90 Å². The van der Waals surface area contributed by atoms with Crippen LogP contribution in [-0.4, -0.2) is 72.0 Å². The van der Waals surface area contributed by atoms with Gasteiger partial charge in [0.1, 0.15) is 0 Å². The molecule has 0 atom stereocenters. The molecule has 0 unspecified atom stereocenters. The minimum absolute atomic E-state index is 0.00839. The van der Waals surface area contributed by atoms with Gasteiger partial charge in [0.25, 0.3) is 0 Å². The highest BCUT2D eigenvalue weighted by Crippen LogP contribution is 2.37. The Morgan fingerprint density at radius 1 is 1.09 bits per heavy atom. The number of hydrogen-bond acceptors (Lipinski definition) is 4. The second kappa shape index (κ2) is 6.62. The molecule has 4 nitrogen and oxygen atoms in total. The van der Waals surface area contributed by atoms with Gasteiger partial charge in [-0.1, -0.05) is 0 Å². The third-order valence-corrected chi connectivity index (χ3v) is 5.82. The maximum Gasteiger partial charge on any atom is 0.0833 e. The van der Waals surface area contributed by atoms with Crippen molar-refractivity contribution in [3.8, 4) is 0 Å². The minimum atomic E-state index is -0.00839. The van der Waals surface area contributed by atoms with Crippen LogP contribution in [0.4, 0.5) is 0 Å². The van der Waals surface area contributed by atoms with Crippen LogP contribution in [0.1, 0.15) is 60.3 Å². The van der Waals surface area contributed by atoms with Gasteiger partial charge in [-0.05, 0) is 60.3 Å². The highest BCUT2D eigenvalue weighted by molar-refractivity contribution is 4.98. The molecule has 0 aromatic heterocycles. The van der Waals surface area contributed by atoms with E-state index in [0.29, 0.717) is 18.2 Å². The summed E-state index contributed by atoms with van der Waals surface area (Å²) in [7, 11) is 0. The van der Waals surface area contributed by atoms with Crippen LogP contribution in [0.15, 0.2) is 0 Å². The number of nitrogens with zero attached hydrogens (tertiary/aromatic N) is 2. The Balaban J connectivity index is 1.48. The topological polar surface area (TPSA) is 24.9 Å². The van der Waals surface area contributed by atoms with E-state index in [2.05, 4.69) is 44.4 Å². The van der Waals surface area contributed by atoms with Crippen LogP contribution in [0.2, 0.25) is 0 Å². The Hall–Kier alpha value is -0.160. The normalized spacial score (nSPS) is 33.1. The molecule has 1 spiro atoms. The minimum Gasteiger partial charge on any atom is -0.373 e. The second-order valence-corrected chi connectivity index (χ2v) is 9.11. The van der Waals surface area contributed by atoms with E-state index < -0.39 is 0 Å². The van der Waals surface area contributed by atoms with Crippen molar-refractivity contribution in [2.75, 3.05) is 32.8 Å². The summed E-state index contributed by atoms with van der Waals surface area (Å²) in [5.41, 5.74) is 0.116. The quantitative estimate of drug-likeness (QED) is 0.797. The molecule has 4 heteroatoms. The Morgan fingerprint density at radius 3 is 2.30 bits per heavy atom. The van der Waals surface area contributed by atoms with Crippen molar-refractivity contribution >= 4 is 0 Å². The Morgan fingerprint density at radius 2 is 1.74 bits per heavy atom. The van der Waals surface area contributed by atoms with Gasteiger partial charge < -0.3 is 14.4 Å². The van der Waals surface area contributed by atoms with E-state index in [1.807, 2.05) is 0 Å². The van der Waals surface area contributed by atoms with E-state index >= 15 is 0 Å². The van der Waals surface area contributed by atoms with Crippen LogP contribution in [0.3, 0.4) is 0 Å². The predicted octanol–water partition coefficient (Wildman–Crippen LogP) is 2.91. The molecule has 3 rings (SSSR count). The monoisotopic (exact) mass is 324 g/mol. The van der Waals surface area contributed by atoms with Gasteiger partial charge in [0.15, 0.2) is 0 Å². The highest BCUT2D eigenvalue weighted by atomic mass is 16.5. The summed E-state index contributed by atoms with van der Waals surface area (Å²) in [5, 5.41) is 0. The molecular weight excluding hydrogens is 288 g/mol. The molecule has 0 aromatic rings. The fourth-order valence-electron chi connectivity index (χ4n) is 4.37. The highest BCUT2D eigenvalue weighted by Gasteiger charge is 2.44. The van der Waals surface area contributed by atoms with Crippen molar-refractivity contribution in [1.82, 2.24) is 9.80 Å². The Labute approximate surface area is 142 Å². The average Bonchev–Trinajstić information content (AvgIpc) is 2.42. The summed E-state index contributed by atoms with van der Waals surface area (Å²) in [6.07, 6.45) is 5.24. The zero-order valence-corrected chi connectivity index (χ0v) is 15.8. The summed E-state index contributed by atoms with van der Waals surface area (Å²) in [4.78, 5) is 5.28. The summed E-state index contributed by atoms with van der Waals surface area (Å²) in [6, 6.07) is 1.38. The van der Waals surface area contributed by atoms with Crippen molar-refractivity contribution in [2.24, 2.45) is 0 Å². The molecule has 0 aromatic carbocycles. The molecule has 1 saturated carbocycles. The molecule has 134 valence electrons. The first-order valence-electron chi connectivity index (χ1n) is 9.56. The molecule has 1 aliphatic carbocycles. The maximum atomic E-state index is 6.29. The van der Waals surface area contributed by atoms with Crippen molar-refractivity contribution in [3.63, 3.8) is 0 Å². The number of rotatable bonds is 3. The first-order chi connectivity index (χ1) is 10.8. The number of piperidine rings is 1. The van der Waals surface area contributed by atoms with Crippen molar-refractivity contribution in [1.29, 1.82) is 0 Å². The zero-order valence-electron chi connectivity index (χ0n) is 15.8. The first kappa shape index (κ1) is 17.7. The lowest BCUT2D eigenvalue weighted by Crippen LogP contribution is -2.62. The van der Waals surface area contributed by atoms with E-state index in [0.717, 1.165) is 19.7 Å². The van der Waals surface area contributed by atoms with Crippen LogP contribution in [0, 0.1) is 0 Å². The molecule has 3 aliphatic rings. The van der Waals surface area contributed by atoms with Crippen LogP contribution in [0.25, 0.3) is 0 Å². The van der Waals surface area contributed by atoms with E-state index in [1.165, 1.54) is 38.8 Å². The van der Waals surface area contributed by atoms with Crippen molar-refractivity contribution < 1.29 is 9.47 Å². The van der Waals surface area contributed by atoms with E-state index in [1.54, 1.807) is 0 Å². The van der Waals surface area contributed by atoms with Gasteiger partial charge in [-0.25, -0.2) is 0 Å². The van der Waals surface area contributed by atoms with Crippen molar-refractivity contribution in [3.05, 3.63) is 0 Å². The maximum absolute atomic E-state index is 6.29. The van der Waals surface area contributed by atoms with Gasteiger partial charge in [0.2, 0.25) is 0 Å². The van der Waals surface area contributed by atoms with Crippen LogP contribution < -0.4 is 0 Å².